The van der Waals surface area contributed by atoms with Gasteiger partial charge >= 0.3 is 0 Å². The molecule has 4 rings (SSSR count). The largest absolute Gasteiger partial charge is 0.495 e. The topological polar surface area (TPSA) is 94.5 Å². The molecule has 1 heterocycles. The van der Waals surface area contributed by atoms with Gasteiger partial charge in [0, 0.05) is 26.7 Å². The molecule has 0 spiro atoms. The van der Waals surface area contributed by atoms with Gasteiger partial charge in [-0.15, -0.1) is 0 Å². The number of rotatable bonds is 8. The molecule has 1 fully saturated rings. The van der Waals surface area contributed by atoms with E-state index in [4.69, 9.17) is 4.74 Å². The van der Waals surface area contributed by atoms with E-state index in [1.54, 1.807) is 6.07 Å². The van der Waals surface area contributed by atoms with Crippen LogP contribution in [-0.2, 0) is 5.41 Å². The molecule has 232 valence electrons. The fourth-order valence-corrected chi connectivity index (χ4v) is 6.00. The van der Waals surface area contributed by atoms with Crippen LogP contribution in [0, 0.1) is 16.7 Å². The predicted octanol–water partition coefficient (Wildman–Crippen LogP) is 7.09. The van der Waals surface area contributed by atoms with Gasteiger partial charge in [-0.2, -0.15) is 5.26 Å². The zero-order valence-corrected chi connectivity index (χ0v) is 26.8. The first kappa shape index (κ1) is 32.0. The minimum absolute atomic E-state index is 0. The zero-order chi connectivity index (χ0) is 31.4. The highest BCUT2D eigenvalue weighted by atomic mass is 16.5. The number of likely N-dealkylation sites (N-methyl/N-ethyl adjacent to an activating group) is 1. The molecule has 0 radical (unpaired) electrons. The van der Waals surface area contributed by atoms with Crippen LogP contribution in [0.5, 0.6) is 5.75 Å². The van der Waals surface area contributed by atoms with E-state index in [9.17, 15) is 14.9 Å². The first-order valence-corrected chi connectivity index (χ1v) is 15.4. The summed E-state index contributed by atoms with van der Waals surface area (Å²) in [4.78, 5) is 29.0. The average Bonchev–Trinajstić information content (AvgIpc) is 2.99. The number of benzene rings is 2. The number of hydrogen-bond acceptors (Lipinski definition) is 5. The van der Waals surface area contributed by atoms with Crippen LogP contribution in [0.1, 0.15) is 107 Å². The summed E-state index contributed by atoms with van der Waals surface area (Å²) < 4.78 is 5.51. The molecule has 0 saturated carbocycles. The van der Waals surface area contributed by atoms with E-state index in [2.05, 4.69) is 42.4 Å². The molecule has 2 aromatic carbocycles. The summed E-state index contributed by atoms with van der Waals surface area (Å²) >= 11 is 0. The number of hydrogen-bond donors (Lipinski definition) is 2. The van der Waals surface area contributed by atoms with Gasteiger partial charge in [0.25, 0.3) is 11.8 Å². The number of methoxy groups -OCH3 is 1. The van der Waals surface area contributed by atoms with Gasteiger partial charge in [-0.05, 0) is 90.2 Å². The molecule has 1 aliphatic carbocycles. The third kappa shape index (κ3) is 7.37. The van der Waals surface area contributed by atoms with Crippen LogP contribution >= 0.6 is 0 Å². The Morgan fingerprint density at radius 1 is 1.14 bits per heavy atom. The number of allylic oxidation sites excluding steroid dienone is 3. The van der Waals surface area contributed by atoms with Crippen molar-refractivity contribution in [1.82, 2.24) is 15.5 Å². The summed E-state index contributed by atoms with van der Waals surface area (Å²) in [5.41, 5.74) is 4.55. The van der Waals surface area contributed by atoms with Crippen molar-refractivity contribution < 1.29 is 17.2 Å². The molecule has 2 N–H and O–H groups in total. The molecular weight excluding hydrogens is 536 g/mol. The maximum Gasteiger partial charge on any atom is 0.259 e. The van der Waals surface area contributed by atoms with E-state index in [-0.39, 0.29) is 31.2 Å². The molecule has 7 nitrogen and oxygen atoms in total. The van der Waals surface area contributed by atoms with Gasteiger partial charge in [0.15, 0.2) is 0 Å². The van der Waals surface area contributed by atoms with E-state index in [0.29, 0.717) is 35.0 Å². The molecule has 2 aromatic rings. The lowest BCUT2D eigenvalue weighted by Crippen LogP contribution is -2.46. The molecule has 0 bridgehead atoms. The van der Waals surface area contributed by atoms with Crippen LogP contribution in [0.25, 0.3) is 5.57 Å². The molecular formula is C36H50N4O3. The molecule has 2 amide bonds. The molecule has 43 heavy (non-hydrogen) atoms. The van der Waals surface area contributed by atoms with E-state index >= 15 is 0 Å². The Balaban J connectivity index is 0.00000353. The Morgan fingerprint density at radius 3 is 2.49 bits per heavy atom. The zero-order valence-electron chi connectivity index (χ0n) is 26.8. The van der Waals surface area contributed by atoms with Crippen LogP contribution in [-0.4, -0.2) is 49.5 Å². The first-order valence-electron chi connectivity index (χ1n) is 15.4. The monoisotopic (exact) mass is 586 g/mol. The molecule has 0 aromatic heterocycles. The molecule has 1 atom stereocenters. The van der Waals surface area contributed by atoms with E-state index in [1.165, 1.54) is 20.0 Å². The van der Waals surface area contributed by atoms with Gasteiger partial charge in [-0.25, -0.2) is 0 Å². The lowest BCUT2D eigenvalue weighted by Gasteiger charge is -2.34. The number of piperidine rings is 1. The SMILES string of the molecule is CCN1CCCC[C@@H]1CNC(=O)c1ccc(C2=CC(NC(=O)c3cc(C(C)(C)C)cc(C#N)c3OC)=CCC2(C)C)cc1.[HH].[HH]. The maximum atomic E-state index is 13.6. The Labute approximate surface area is 260 Å². The number of ether oxygens (including phenoxy) is 1. The van der Waals surface area contributed by atoms with Gasteiger partial charge in [0.05, 0.1) is 18.2 Å². The molecule has 0 unspecified atom stereocenters. The number of nitrogens with zero attached hydrogens (tertiary/aromatic N) is 2. The Kier molecular flexibility index (Phi) is 9.82. The standard InChI is InChI=1S/C36H46N4O3.2H2/c1-8-40-18-10-9-11-29(40)23-38-33(41)25-14-12-24(13-15-25)31-21-28(16-17-36(31,5)6)39-34(42)30-20-27(35(2,3)4)19-26(22-37)32(30)43-7;;/h12-16,19-21,29H,8-11,17-18,23H2,1-7H3,(H,38,41)(H,39,42);2*1H/t29-;;/m1../s1. The van der Waals surface area contributed by atoms with Crippen LogP contribution in [0.3, 0.4) is 0 Å². The third-order valence-electron chi connectivity index (χ3n) is 8.75. The molecule has 2 aliphatic rings. The van der Waals surface area contributed by atoms with Gasteiger partial charge in [0.1, 0.15) is 11.8 Å². The maximum absolute atomic E-state index is 13.6. The van der Waals surface area contributed by atoms with Gasteiger partial charge in [0.2, 0.25) is 0 Å². The Morgan fingerprint density at radius 2 is 1.86 bits per heavy atom. The second kappa shape index (κ2) is 13.2. The van der Waals surface area contributed by atoms with E-state index in [1.807, 2.05) is 63.3 Å². The summed E-state index contributed by atoms with van der Waals surface area (Å²) in [6.45, 7) is 15.4. The van der Waals surface area contributed by atoms with Crippen molar-refractivity contribution >= 4 is 17.4 Å². The minimum Gasteiger partial charge on any atom is -0.495 e. The predicted molar refractivity (Wildman–Crippen MR) is 176 cm³/mol. The van der Waals surface area contributed by atoms with Crippen LogP contribution < -0.4 is 15.4 Å². The normalized spacial score (nSPS) is 18.6. The summed E-state index contributed by atoms with van der Waals surface area (Å²) in [5.74, 6) is -0.109. The van der Waals surface area contributed by atoms with Crippen molar-refractivity contribution in [2.24, 2.45) is 5.41 Å². The second-order valence-corrected chi connectivity index (χ2v) is 13.3. The summed E-state index contributed by atoms with van der Waals surface area (Å²) in [6.07, 6.45) is 8.33. The fraction of sp³-hybridized carbons (Fsp3) is 0.472. The van der Waals surface area contributed by atoms with Crippen molar-refractivity contribution in [2.75, 3.05) is 26.7 Å². The van der Waals surface area contributed by atoms with Crippen molar-refractivity contribution in [3.05, 3.63) is 82.1 Å². The molecule has 1 aliphatic heterocycles. The quantitative estimate of drug-likeness (QED) is 0.344. The molecule has 7 heteroatoms. The summed E-state index contributed by atoms with van der Waals surface area (Å²) in [6, 6.07) is 13.9. The van der Waals surface area contributed by atoms with Crippen molar-refractivity contribution in [2.45, 2.75) is 78.7 Å². The van der Waals surface area contributed by atoms with Crippen LogP contribution in [0.15, 0.2) is 54.2 Å². The minimum atomic E-state index is -0.326. The van der Waals surface area contributed by atoms with E-state index < -0.39 is 0 Å². The number of amides is 2. The van der Waals surface area contributed by atoms with Gasteiger partial charge in [-0.3, -0.25) is 14.5 Å². The lowest BCUT2D eigenvalue weighted by molar-refractivity contribution is 0.0916. The smallest absolute Gasteiger partial charge is 0.259 e. The van der Waals surface area contributed by atoms with Crippen LogP contribution in [0.4, 0.5) is 0 Å². The average molecular weight is 587 g/mol. The lowest BCUT2D eigenvalue weighted by atomic mass is 9.74. The number of carbonyl (C=O) groups is 2. The highest BCUT2D eigenvalue weighted by Gasteiger charge is 2.29. The highest BCUT2D eigenvalue weighted by molar-refractivity contribution is 5.99. The van der Waals surface area contributed by atoms with Crippen molar-refractivity contribution in [3.8, 4) is 11.8 Å². The van der Waals surface area contributed by atoms with Crippen molar-refractivity contribution in [3.63, 3.8) is 0 Å². The van der Waals surface area contributed by atoms with Gasteiger partial charge in [-0.1, -0.05) is 66.2 Å². The molecule has 1 saturated heterocycles. The first-order chi connectivity index (χ1) is 20.4. The summed E-state index contributed by atoms with van der Waals surface area (Å²) in [7, 11) is 1.48. The number of carbonyl (C=O) groups excluding carboxylic acids is 2. The summed E-state index contributed by atoms with van der Waals surface area (Å²) in [5, 5.41) is 15.9. The van der Waals surface area contributed by atoms with Crippen molar-refractivity contribution in [1.29, 1.82) is 5.26 Å². The van der Waals surface area contributed by atoms with Crippen LogP contribution in [0.2, 0.25) is 0 Å². The number of nitriles is 1. The van der Waals surface area contributed by atoms with Gasteiger partial charge < -0.3 is 15.4 Å². The number of likely N-dealkylation sites (tertiary alicyclic amines) is 1. The Bertz CT molecular complexity index is 1470. The third-order valence-corrected chi connectivity index (χ3v) is 8.75. The second-order valence-electron chi connectivity index (χ2n) is 13.3. The fourth-order valence-electron chi connectivity index (χ4n) is 6.00. The number of nitrogens with one attached hydrogen (secondary N) is 2. The Hall–Kier alpha value is -3.89. The highest BCUT2D eigenvalue weighted by Crippen LogP contribution is 2.42. The van der Waals surface area contributed by atoms with E-state index in [0.717, 1.165) is 42.6 Å².